The van der Waals surface area contributed by atoms with E-state index in [9.17, 15) is 0 Å². The Morgan fingerprint density at radius 1 is 1.33 bits per heavy atom. The van der Waals surface area contributed by atoms with E-state index in [4.69, 9.17) is 5.73 Å². The number of aromatic nitrogens is 5. The van der Waals surface area contributed by atoms with Crippen molar-refractivity contribution in [1.82, 2.24) is 25.0 Å². The SMILES string of the molecule is NCCC1CCCCN1c1cncc2nnnn12. The zero-order chi connectivity index (χ0) is 12.4. The number of anilines is 1. The van der Waals surface area contributed by atoms with Gasteiger partial charge in [-0.2, -0.15) is 4.52 Å². The second kappa shape index (κ2) is 4.85. The monoisotopic (exact) mass is 247 g/mol. The molecule has 2 N–H and O–H groups in total. The highest BCUT2D eigenvalue weighted by Crippen LogP contribution is 2.25. The predicted octanol–water partition coefficient (Wildman–Crippen LogP) is 0.227. The lowest BCUT2D eigenvalue weighted by molar-refractivity contribution is 0.435. The van der Waals surface area contributed by atoms with E-state index in [1.807, 2.05) is 6.20 Å². The fourth-order valence-corrected chi connectivity index (χ4v) is 2.65. The molecule has 0 radical (unpaired) electrons. The molecule has 18 heavy (non-hydrogen) atoms. The zero-order valence-corrected chi connectivity index (χ0v) is 10.2. The summed E-state index contributed by atoms with van der Waals surface area (Å²) in [6, 6.07) is 0.473. The van der Waals surface area contributed by atoms with Gasteiger partial charge in [0.15, 0.2) is 11.5 Å². The molecule has 2 aromatic rings. The van der Waals surface area contributed by atoms with Crippen LogP contribution in [0.15, 0.2) is 12.4 Å². The number of tetrazole rings is 1. The summed E-state index contributed by atoms with van der Waals surface area (Å²) in [6.07, 6.45) is 8.14. The molecule has 1 fully saturated rings. The van der Waals surface area contributed by atoms with Gasteiger partial charge in [-0.05, 0) is 42.7 Å². The van der Waals surface area contributed by atoms with E-state index in [2.05, 4.69) is 25.4 Å². The van der Waals surface area contributed by atoms with E-state index in [0.717, 1.165) is 18.8 Å². The van der Waals surface area contributed by atoms with Crippen LogP contribution >= 0.6 is 0 Å². The summed E-state index contributed by atoms with van der Waals surface area (Å²) in [5.74, 6) is 0.968. The first-order valence-corrected chi connectivity index (χ1v) is 6.39. The summed E-state index contributed by atoms with van der Waals surface area (Å²) in [7, 11) is 0. The molecule has 1 aliphatic heterocycles. The second-order valence-corrected chi connectivity index (χ2v) is 4.63. The Labute approximate surface area is 105 Å². The van der Waals surface area contributed by atoms with Crippen molar-refractivity contribution < 1.29 is 0 Å². The predicted molar refractivity (Wildman–Crippen MR) is 67.2 cm³/mol. The smallest absolute Gasteiger partial charge is 0.199 e. The fourth-order valence-electron chi connectivity index (χ4n) is 2.65. The van der Waals surface area contributed by atoms with Crippen LogP contribution in [-0.2, 0) is 0 Å². The zero-order valence-electron chi connectivity index (χ0n) is 10.2. The molecule has 1 aliphatic rings. The van der Waals surface area contributed by atoms with Gasteiger partial charge in [-0.1, -0.05) is 0 Å². The Kier molecular flexibility index (Phi) is 3.06. The minimum absolute atomic E-state index is 0.473. The standard InChI is InChI=1S/C11H17N7/c12-5-4-9-3-1-2-6-17(9)11-8-13-7-10-14-15-16-18(10)11/h7-9H,1-6,12H2. The summed E-state index contributed by atoms with van der Waals surface area (Å²) in [5, 5.41) is 11.7. The summed E-state index contributed by atoms with van der Waals surface area (Å²) >= 11 is 0. The maximum Gasteiger partial charge on any atom is 0.199 e. The average Bonchev–Trinajstić information content (AvgIpc) is 2.88. The van der Waals surface area contributed by atoms with Crippen molar-refractivity contribution in [3.05, 3.63) is 12.4 Å². The quantitative estimate of drug-likeness (QED) is 0.835. The van der Waals surface area contributed by atoms with E-state index in [0.29, 0.717) is 18.2 Å². The van der Waals surface area contributed by atoms with Crippen LogP contribution in [-0.4, -0.2) is 44.2 Å². The molecule has 7 heteroatoms. The van der Waals surface area contributed by atoms with E-state index in [1.54, 1.807) is 10.7 Å². The number of nitrogens with two attached hydrogens (primary N) is 1. The van der Waals surface area contributed by atoms with Gasteiger partial charge in [-0.3, -0.25) is 4.98 Å². The van der Waals surface area contributed by atoms with E-state index in [1.165, 1.54) is 19.3 Å². The normalized spacial score (nSPS) is 20.5. The average molecular weight is 247 g/mol. The fraction of sp³-hybridized carbons (Fsp3) is 0.636. The molecule has 1 unspecified atom stereocenters. The van der Waals surface area contributed by atoms with Crippen LogP contribution in [0.2, 0.25) is 0 Å². The molecule has 1 saturated heterocycles. The molecule has 0 aromatic carbocycles. The topological polar surface area (TPSA) is 85.2 Å². The molecule has 0 saturated carbocycles. The summed E-state index contributed by atoms with van der Waals surface area (Å²) in [4.78, 5) is 6.56. The van der Waals surface area contributed by atoms with Crippen molar-refractivity contribution in [2.24, 2.45) is 5.73 Å². The molecule has 96 valence electrons. The molecule has 0 aliphatic carbocycles. The molecule has 0 bridgehead atoms. The third kappa shape index (κ3) is 1.90. The third-order valence-corrected chi connectivity index (χ3v) is 3.51. The van der Waals surface area contributed by atoms with E-state index in [-0.39, 0.29) is 0 Å². The van der Waals surface area contributed by atoms with Crippen LogP contribution in [0.25, 0.3) is 5.65 Å². The lowest BCUT2D eigenvalue weighted by Crippen LogP contribution is -2.41. The molecular weight excluding hydrogens is 230 g/mol. The third-order valence-electron chi connectivity index (χ3n) is 3.51. The van der Waals surface area contributed by atoms with Crippen LogP contribution < -0.4 is 10.6 Å². The van der Waals surface area contributed by atoms with Crippen LogP contribution in [0.1, 0.15) is 25.7 Å². The lowest BCUT2D eigenvalue weighted by Gasteiger charge is -2.36. The van der Waals surface area contributed by atoms with Crippen molar-refractivity contribution in [2.45, 2.75) is 31.7 Å². The molecule has 0 spiro atoms. The van der Waals surface area contributed by atoms with Crippen LogP contribution in [0.5, 0.6) is 0 Å². The molecule has 3 rings (SSSR count). The van der Waals surface area contributed by atoms with Gasteiger partial charge in [0.05, 0.1) is 12.4 Å². The van der Waals surface area contributed by atoms with Gasteiger partial charge in [0.1, 0.15) is 0 Å². The van der Waals surface area contributed by atoms with Gasteiger partial charge in [0.2, 0.25) is 0 Å². The summed E-state index contributed by atoms with van der Waals surface area (Å²) in [6.45, 7) is 1.73. The number of fused-ring (bicyclic) bond motifs is 1. The van der Waals surface area contributed by atoms with Crippen molar-refractivity contribution in [3.8, 4) is 0 Å². The number of nitrogens with zero attached hydrogens (tertiary/aromatic N) is 6. The maximum absolute atomic E-state index is 5.70. The van der Waals surface area contributed by atoms with E-state index < -0.39 is 0 Å². The minimum atomic E-state index is 0.473. The molecule has 2 aromatic heterocycles. The van der Waals surface area contributed by atoms with Gasteiger partial charge in [0.25, 0.3) is 0 Å². The number of piperidine rings is 1. The molecule has 0 amide bonds. The molecule has 1 atom stereocenters. The second-order valence-electron chi connectivity index (χ2n) is 4.63. The van der Waals surface area contributed by atoms with Crippen molar-refractivity contribution in [3.63, 3.8) is 0 Å². The van der Waals surface area contributed by atoms with Gasteiger partial charge in [-0.15, -0.1) is 5.10 Å². The highest BCUT2D eigenvalue weighted by molar-refractivity contribution is 5.47. The van der Waals surface area contributed by atoms with Gasteiger partial charge >= 0.3 is 0 Å². The van der Waals surface area contributed by atoms with E-state index >= 15 is 0 Å². The van der Waals surface area contributed by atoms with Crippen LogP contribution in [0.4, 0.5) is 5.82 Å². The first-order chi connectivity index (χ1) is 8.90. The Hall–Kier alpha value is -1.76. The van der Waals surface area contributed by atoms with Gasteiger partial charge in [0, 0.05) is 12.6 Å². The Bertz CT molecular complexity index is 521. The van der Waals surface area contributed by atoms with Gasteiger partial charge < -0.3 is 10.6 Å². The summed E-state index contributed by atoms with van der Waals surface area (Å²) in [5.41, 5.74) is 6.39. The number of hydrogen-bond donors (Lipinski definition) is 1. The van der Waals surface area contributed by atoms with Crippen molar-refractivity contribution >= 4 is 11.5 Å². The molecule has 3 heterocycles. The minimum Gasteiger partial charge on any atom is -0.352 e. The first kappa shape index (κ1) is 11.3. The van der Waals surface area contributed by atoms with Crippen molar-refractivity contribution in [2.75, 3.05) is 18.0 Å². The van der Waals surface area contributed by atoms with Crippen LogP contribution in [0.3, 0.4) is 0 Å². The molecular formula is C11H17N7. The number of hydrogen-bond acceptors (Lipinski definition) is 6. The Balaban J connectivity index is 1.98. The maximum atomic E-state index is 5.70. The highest BCUT2D eigenvalue weighted by atomic mass is 15.5. The first-order valence-electron chi connectivity index (χ1n) is 6.39. The van der Waals surface area contributed by atoms with Gasteiger partial charge in [-0.25, -0.2) is 0 Å². The lowest BCUT2D eigenvalue weighted by atomic mass is 9.99. The summed E-state index contributed by atoms with van der Waals surface area (Å²) < 4.78 is 1.75. The number of rotatable bonds is 3. The highest BCUT2D eigenvalue weighted by Gasteiger charge is 2.24. The van der Waals surface area contributed by atoms with Crippen LogP contribution in [0, 0.1) is 0 Å². The molecule has 7 nitrogen and oxygen atoms in total. The largest absolute Gasteiger partial charge is 0.352 e. The van der Waals surface area contributed by atoms with Crippen molar-refractivity contribution in [1.29, 1.82) is 0 Å². The Morgan fingerprint density at radius 2 is 2.28 bits per heavy atom. The Morgan fingerprint density at radius 3 is 3.17 bits per heavy atom.